The molecule has 0 unspecified atom stereocenters. The second-order valence-electron chi connectivity index (χ2n) is 6.23. The molecule has 2 aromatic rings. The lowest BCUT2D eigenvalue weighted by Gasteiger charge is -2.30. The molecule has 7 nitrogen and oxygen atoms in total. The number of aromatic amines is 1. The Bertz CT molecular complexity index is 808. The predicted octanol–water partition coefficient (Wildman–Crippen LogP) is 0.282. The number of fused-ring (bicyclic) bond motifs is 2. The lowest BCUT2D eigenvalue weighted by atomic mass is 10.1. The minimum absolute atomic E-state index is 0.00750. The average Bonchev–Trinajstić information content (AvgIpc) is 2.94. The molecule has 2 aliphatic heterocycles. The van der Waals surface area contributed by atoms with E-state index in [9.17, 15) is 4.79 Å². The fourth-order valence-corrected chi connectivity index (χ4v) is 3.49. The van der Waals surface area contributed by atoms with Crippen LogP contribution in [0, 0.1) is 0 Å². The van der Waals surface area contributed by atoms with Gasteiger partial charge in [0.05, 0.1) is 5.69 Å². The van der Waals surface area contributed by atoms with E-state index in [0.29, 0.717) is 11.2 Å². The van der Waals surface area contributed by atoms with Gasteiger partial charge in [-0.25, -0.2) is 9.97 Å². The molecule has 4 heterocycles. The van der Waals surface area contributed by atoms with Crippen LogP contribution >= 0.6 is 0 Å². The topological polar surface area (TPSA) is 77.1 Å². The number of aryl methyl sites for hydroxylation is 1. The van der Waals surface area contributed by atoms with Gasteiger partial charge >= 0.3 is 0 Å². The molecule has 2 N–H and O–H groups in total. The van der Waals surface area contributed by atoms with Gasteiger partial charge in [0, 0.05) is 51.9 Å². The molecule has 0 bridgehead atoms. The van der Waals surface area contributed by atoms with E-state index in [0.717, 1.165) is 68.5 Å². The number of H-pyrrole nitrogens is 1. The van der Waals surface area contributed by atoms with Gasteiger partial charge in [-0.15, -0.1) is 0 Å². The fourth-order valence-electron chi connectivity index (χ4n) is 3.49. The lowest BCUT2D eigenvalue weighted by Crippen LogP contribution is -2.45. The third kappa shape index (κ3) is 2.26. The molecule has 2 aromatic heterocycles. The maximum Gasteiger partial charge on any atom is 0.233 e. The monoisotopic (exact) mass is 314 g/mol. The van der Waals surface area contributed by atoms with Crippen molar-refractivity contribution in [2.24, 2.45) is 0 Å². The molecule has 0 atom stereocenters. The summed E-state index contributed by atoms with van der Waals surface area (Å²) in [6.07, 6.45) is 1.67. The first-order valence-corrected chi connectivity index (χ1v) is 8.31. The second kappa shape index (κ2) is 5.49. The zero-order valence-electron chi connectivity index (χ0n) is 13.6. The number of rotatable bonds is 2. The number of hydrogen-bond donors (Lipinski definition) is 2. The number of hydrogen-bond acceptors (Lipinski definition) is 6. The van der Waals surface area contributed by atoms with E-state index >= 15 is 0 Å². The summed E-state index contributed by atoms with van der Waals surface area (Å²) in [7, 11) is 2.00. The average molecular weight is 314 g/mol. The van der Waals surface area contributed by atoms with Gasteiger partial charge in [0.1, 0.15) is 5.69 Å². The summed E-state index contributed by atoms with van der Waals surface area (Å²) >= 11 is 0. The SMILES string of the molecule is CCc1[nH]c2nc3c(nc2c(=O)c1N1CCNCC1)N(C)CC3. The van der Waals surface area contributed by atoms with Crippen molar-refractivity contribution in [2.45, 2.75) is 19.8 Å². The molecule has 1 saturated heterocycles. The van der Waals surface area contributed by atoms with E-state index < -0.39 is 0 Å². The standard InChI is InChI=1S/C16H22N6O/c1-3-10-13(22-8-5-17-6-9-22)14(23)12-15(18-10)19-11-4-7-21(2)16(11)20-12/h17H,3-9H2,1-2H3,(H,18,19,23). The zero-order valence-corrected chi connectivity index (χ0v) is 13.6. The van der Waals surface area contributed by atoms with Crippen molar-refractivity contribution in [3.63, 3.8) is 0 Å². The van der Waals surface area contributed by atoms with Crippen LogP contribution in [0.4, 0.5) is 11.5 Å². The van der Waals surface area contributed by atoms with Crippen molar-refractivity contribution < 1.29 is 0 Å². The van der Waals surface area contributed by atoms with Crippen LogP contribution in [0.5, 0.6) is 0 Å². The Hall–Kier alpha value is -2.15. The van der Waals surface area contributed by atoms with Gasteiger partial charge < -0.3 is 20.1 Å². The quantitative estimate of drug-likeness (QED) is 0.829. The minimum Gasteiger partial charge on any atom is -0.364 e. The molecule has 7 heteroatoms. The third-order valence-electron chi connectivity index (χ3n) is 4.76. The van der Waals surface area contributed by atoms with E-state index in [1.807, 2.05) is 7.05 Å². The fraction of sp³-hybridized carbons (Fsp3) is 0.562. The molecule has 1 fully saturated rings. The molecule has 23 heavy (non-hydrogen) atoms. The number of piperazine rings is 1. The van der Waals surface area contributed by atoms with Crippen LogP contribution in [0.1, 0.15) is 18.3 Å². The van der Waals surface area contributed by atoms with Gasteiger partial charge in [-0.2, -0.15) is 0 Å². The summed E-state index contributed by atoms with van der Waals surface area (Å²) in [5.74, 6) is 0.846. The second-order valence-corrected chi connectivity index (χ2v) is 6.23. The van der Waals surface area contributed by atoms with Gasteiger partial charge in [-0.1, -0.05) is 6.92 Å². The molecular formula is C16H22N6O. The molecule has 4 rings (SSSR count). The van der Waals surface area contributed by atoms with E-state index in [-0.39, 0.29) is 5.43 Å². The molecule has 2 aliphatic rings. The molecular weight excluding hydrogens is 292 g/mol. The first kappa shape index (κ1) is 14.4. The molecule has 122 valence electrons. The van der Waals surface area contributed by atoms with Crippen molar-refractivity contribution in [1.29, 1.82) is 0 Å². The van der Waals surface area contributed by atoms with Crippen molar-refractivity contribution in [1.82, 2.24) is 20.3 Å². The Kier molecular flexibility index (Phi) is 3.45. The van der Waals surface area contributed by atoms with Crippen LogP contribution in [0.3, 0.4) is 0 Å². The van der Waals surface area contributed by atoms with Crippen molar-refractivity contribution >= 4 is 22.7 Å². The van der Waals surface area contributed by atoms with Crippen LogP contribution in [-0.2, 0) is 12.8 Å². The maximum atomic E-state index is 13.1. The largest absolute Gasteiger partial charge is 0.364 e. The van der Waals surface area contributed by atoms with Crippen molar-refractivity contribution in [3.8, 4) is 0 Å². The lowest BCUT2D eigenvalue weighted by molar-refractivity contribution is 0.586. The summed E-state index contributed by atoms with van der Waals surface area (Å²) in [5.41, 5.74) is 3.81. The first-order chi connectivity index (χ1) is 11.2. The zero-order chi connectivity index (χ0) is 16.0. The van der Waals surface area contributed by atoms with E-state index in [4.69, 9.17) is 0 Å². The molecule has 0 spiro atoms. The molecule has 0 aliphatic carbocycles. The van der Waals surface area contributed by atoms with Crippen molar-refractivity contribution in [3.05, 3.63) is 21.6 Å². The third-order valence-corrected chi connectivity index (χ3v) is 4.76. The number of aromatic nitrogens is 3. The minimum atomic E-state index is 0.00750. The normalized spacial score (nSPS) is 17.8. The smallest absolute Gasteiger partial charge is 0.233 e. The summed E-state index contributed by atoms with van der Waals surface area (Å²) in [6, 6.07) is 0. The van der Waals surface area contributed by atoms with Crippen LogP contribution in [0.15, 0.2) is 4.79 Å². The Labute approximate surface area is 134 Å². The molecule has 0 saturated carbocycles. The summed E-state index contributed by atoms with van der Waals surface area (Å²) in [4.78, 5) is 30.0. The number of nitrogens with zero attached hydrogens (tertiary/aromatic N) is 4. The number of pyridine rings is 1. The van der Waals surface area contributed by atoms with E-state index in [2.05, 4.69) is 37.0 Å². The van der Waals surface area contributed by atoms with Gasteiger partial charge in [0.15, 0.2) is 17.0 Å². The number of anilines is 2. The van der Waals surface area contributed by atoms with Crippen molar-refractivity contribution in [2.75, 3.05) is 49.6 Å². The van der Waals surface area contributed by atoms with E-state index in [1.165, 1.54) is 0 Å². The van der Waals surface area contributed by atoms with E-state index in [1.54, 1.807) is 0 Å². The molecule has 0 aromatic carbocycles. The summed E-state index contributed by atoms with van der Waals surface area (Å²) < 4.78 is 0. The van der Waals surface area contributed by atoms with Gasteiger partial charge in [-0.3, -0.25) is 4.79 Å². The maximum absolute atomic E-state index is 13.1. The Morgan fingerprint density at radius 2 is 1.96 bits per heavy atom. The highest BCUT2D eigenvalue weighted by atomic mass is 16.1. The number of nitrogens with one attached hydrogen (secondary N) is 2. The molecule has 0 amide bonds. The number of likely N-dealkylation sites (N-methyl/N-ethyl adjacent to an activating group) is 1. The highest BCUT2D eigenvalue weighted by Crippen LogP contribution is 2.25. The molecule has 0 radical (unpaired) electrons. The Morgan fingerprint density at radius 3 is 2.70 bits per heavy atom. The van der Waals surface area contributed by atoms with Crippen LogP contribution in [0.2, 0.25) is 0 Å². The van der Waals surface area contributed by atoms with Crippen LogP contribution in [-0.4, -0.2) is 54.7 Å². The van der Waals surface area contributed by atoms with Crippen LogP contribution < -0.4 is 20.5 Å². The highest BCUT2D eigenvalue weighted by Gasteiger charge is 2.24. The first-order valence-electron chi connectivity index (χ1n) is 8.31. The van der Waals surface area contributed by atoms with Gasteiger partial charge in [-0.05, 0) is 6.42 Å². The summed E-state index contributed by atoms with van der Waals surface area (Å²) in [5, 5.41) is 3.33. The Balaban J connectivity index is 1.93. The predicted molar refractivity (Wildman–Crippen MR) is 91.6 cm³/mol. The van der Waals surface area contributed by atoms with Gasteiger partial charge in [0.25, 0.3) is 0 Å². The highest BCUT2D eigenvalue weighted by molar-refractivity contribution is 5.78. The Morgan fingerprint density at radius 1 is 1.17 bits per heavy atom. The van der Waals surface area contributed by atoms with Crippen LogP contribution in [0.25, 0.3) is 11.2 Å². The van der Waals surface area contributed by atoms with Gasteiger partial charge in [0.2, 0.25) is 5.43 Å². The summed E-state index contributed by atoms with van der Waals surface area (Å²) in [6.45, 7) is 6.47.